The maximum Gasteiger partial charge on any atom is 0.338 e. The molecule has 9 nitrogen and oxygen atoms in total. The Hall–Kier alpha value is -2.46. The van der Waals surface area contributed by atoms with Gasteiger partial charge in [-0.05, 0) is 44.9 Å². The molecule has 2 rings (SSSR count). The number of aromatic nitrogens is 2. The number of sulfonamides is 1. The van der Waals surface area contributed by atoms with Crippen molar-refractivity contribution in [2.45, 2.75) is 58.1 Å². The molecule has 0 amide bonds. The van der Waals surface area contributed by atoms with Crippen molar-refractivity contribution < 1.29 is 27.2 Å². The standard InChI is InChI=1S/C19H27N3O6S/c1-12(2)9-16-20-17(28-21-16)11-27-18(23)13-7-8-14(26-6)15(10-13)29(24,25)22-19(3,4)5/h7-8,10,12,22H,9,11H2,1-6H3. The molecule has 1 aromatic heterocycles. The smallest absolute Gasteiger partial charge is 0.338 e. The van der Waals surface area contributed by atoms with Gasteiger partial charge in [0.2, 0.25) is 10.0 Å². The predicted molar refractivity (Wildman–Crippen MR) is 105 cm³/mol. The monoisotopic (exact) mass is 425 g/mol. The van der Waals surface area contributed by atoms with E-state index in [4.69, 9.17) is 14.0 Å². The summed E-state index contributed by atoms with van der Waals surface area (Å²) in [7, 11) is -2.56. The van der Waals surface area contributed by atoms with Crippen molar-refractivity contribution in [2.75, 3.05) is 7.11 Å². The molecule has 0 saturated carbocycles. The van der Waals surface area contributed by atoms with Gasteiger partial charge in [-0.1, -0.05) is 19.0 Å². The van der Waals surface area contributed by atoms with E-state index in [1.165, 1.54) is 25.3 Å². The van der Waals surface area contributed by atoms with Crippen LogP contribution in [0, 0.1) is 5.92 Å². The highest BCUT2D eigenvalue weighted by Gasteiger charge is 2.26. The summed E-state index contributed by atoms with van der Waals surface area (Å²) in [4.78, 5) is 16.4. The number of carbonyl (C=O) groups excluding carboxylic acids is 1. The molecule has 0 atom stereocenters. The first kappa shape index (κ1) is 22.8. The van der Waals surface area contributed by atoms with Gasteiger partial charge in [-0.15, -0.1) is 0 Å². The lowest BCUT2D eigenvalue weighted by Gasteiger charge is -2.21. The molecule has 10 heteroatoms. The van der Waals surface area contributed by atoms with Crippen molar-refractivity contribution in [3.8, 4) is 5.75 Å². The summed E-state index contributed by atoms with van der Waals surface area (Å²) in [6.07, 6.45) is 0.651. The number of nitrogens with zero attached hydrogens (tertiary/aromatic N) is 2. The normalized spacial score (nSPS) is 12.2. The number of hydrogen-bond acceptors (Lipinski definition) is 8. The Morgan fingerprint density at radius 1 is 1.28 bits per heavy atom. The number of esters is 1. The third kappa shape index (κ3) is 6.53. The highest BCUT2D eigenvalue weighted by molar-refractivity contribution is 7.89. The summed E-state index contributed by atoms with van der Waals surface area (Å²) in [5, 5.41) is 3.83. The molecule has 0 radical (unpaired) electrons. The first-order valence-corrected chi connectivity index (χ1v) is 10.6. The lowest BCUT2D eigenvalue weighted by molar-refractivity contribution is 0.0429. The van der Waals surface area contributed by atoms with E-state index in [-0.39, 0.29) is 28.7 Å². The maximum atomic E-state index is 12.7. The van der Waals surface area contributed by atoms with E-state index >= 15 is 0 Å². The number of benzene rings is 1. The van der Waals surface area contributed by atoms with Crippen LogP contribution in [0.4, 0.5) is 0 Å². The van der Waals surface area contributed by atoms with Crippen molar-refractivity contribution in [2.24, 2.45) is 5.92 Å². The van der Waals surface area contributed by atoms with E-state index in [0.29, 0.717) is 18.2 Å². The first-order chi connectivity index (χ1) is 13.4. The van der Waals surface area contributed by atoms with Gasteiger partial charge in [0.15, 0.2) is 12.4 Å². The highest BCUT2D eigenvalue weighted by Crippen LogP contribution is 2.26. The topological polar surface area (TPSA) is 121 Å². The molecule has 0 aliphatic heterocycles. The van der Waals surface area contributed by atoms with Crippen LogP contribution < -0.4 is 9.46 Å². The van der Waals surface area contributed by atoms with Gasteiger partial charge < -0.3 is 14.0 Å². The van der Waals surface area contributed by atoms with Crippen LogP contribution in [0.25, 0.3) is 0 Å². The van der Waals surface area contributed by atoms with Crippen LogP contribution in [0.2, 0.25) is 0 Å². The lowest BCUT2D eigenvalue weighted by Crippen LogP contribution is -2.40. The molecule has 160 valence electrons. The fourth-order valence-electron chi connectivity index (χ4n) is 2.48. The summed E-state index contributed by atoms with van der Waals surface area (Å²) in [6.45, 7) is 8.99. The van der Waals surface area contributed by atoms with E-state index in [1.54, 1.807) is 20.8 Å². The van der Waals surface area contributed by atoms with Gasteiger partial charge in [0.1, 0.15) is 10.6 Å². The third-order valence-corrected chi connectivity index (χ3v) is 5.34. The van der Waals surface area contributed by atoms with E-state index in [2.05, 4.69) is 14.9 Å². The van der Waals surface area contributed by atoms with Crippen molar-refractivity contribution in [1.82, 2.24) is 14.9 Å². The summed E-state index contributed by atoms with van der Waals surface area (Å²) < 4.78 is 43.3. The summed E-state index contributed by atoms with van der Waals surface area (Å²) >= 11 is 0. The first-order valence-electron chi connectivity index (χ1n) is 9.12. The van der Waals surface area contributed by atoms with Crippen LogP contribution in [0.3, 0.4) is 0 Å². The minimum absolute atomic E-state index is 0.0574. The molecule has 0 spiro atoms. The number of hydrogen-bond donors (Lipinski definition) is 1. The minimum Gasteiger partial charge on any atom is -0.495 e. The lowest BCUT2D eigenvalue weighted by atomic mass is 10.1. The molecule has 2 aromatic rings. The Balaban J connectivity index is 2.18. The zero-order valence-electron chi connectivity index (χ0n) is 17.5. The van der Waals surface area contributed by atoms with Gasteiger partial charge in [0.25, 0.3) is 5.89 Å². The molecular weight excluding hydrogens is 398 g/mol. The average Bonchev–Trinajstić information content (AvgIpc) is 3.03. The van der Waals surface area contributed by atoms with Crippen molar-refractivity contribution in [3.05, 3.63) is 35.5 Å². The Morgan fingerprint density at radius 3 is 2.55 bits per heavy atom. The van der Waals surface area contributed by atoms with Crippen LogP contribution in [0.1, 0.15) is 56.7 Å². The van der Waals surface area contributed by atoms with Gasteiger partial charge in [-0.2, -0.15) is 4.98 Å². The Morgan fingerprint density at radius 2 is 1.97 bits per heavy atom. The van der Waals surface area contributed by atoms with Gasteiger partial charge in [0, 0.05) is 12.0 Å². The summed E-state index contributed by atoms with van der Waals surface area (Å²) in [5.41, 5.74) is -0.645. The zero-order chi connectivity index (χ0) is 21.8. The highest BCUT2D eigenvalue weighted by atomic mass is 32.2. The summed E-state index contributed by atoms with van der Waals surface area (Å²) in [5.74, 6) is 0.475. The average molecular weight is 426 g/mol. The molecule has 1 N–H and O–H groups in total. The second-order valence-corrected chi connectivity index (χ2v) is 9.65. The zero-order valence-corrected chi connectivity index (χ0v) is 18.3. The third-order valence-electron chi connectivity index (χ3n) is 3.56. The van der Waals surface area contributed by atoms with Crippen LogP contribution in [-0.4, -0.2) is 37.2 Å². The number of methoxy groups -OCH3 is 1. The molecule has 29 heavy (non-hydrogen) atoms. The molecule has 0 unspecified atom stereocenters. The van der Waals surface area contributed by atoms with Crippen LogP contribution >= 0.6 is 0 Å². The Kier molecular flexibility index (Phi) is 7.02. The molecular formula is C19H27N3O6S. The molecule has 1 heterocycles. The predicted octanol–water partition coefficient (Wildman–Crippen LogP) is 2.71. The van der Waals surface area contributed by atoms with Crippen LogP contribution in [-0.2, 0) is 27.8 Å². The number of ether oxygens (including phenoxy) is 2. The molecule has 0 bridgehead atoms. The fraction of sp³-hybridized carbons (Fsp3) is 0.526. The van der Waals surface area contributed by atoms with E-state index < -0.39 is 21.5 Å². The van der Waals surface area contributed by atoms with Gasteiger partial charge >= 0.3 is 5.97 Å². The molecule has 1 aromatic carbocycles. The van der Waals surface area contributed by atoms with Gasteiger partial charge in [0.05, 0.1) is 12.7 Å². The largest absolute Gasteiger partial charge is 0.495 e. The molecule has 0 aliphatic carbocycles. The van der Waals surface area contributed by atoms with E-state index in [9.17, 15) is 13.2 Å². The second kappa shape index (κ2) is 8.91. The van der Waals surface area contributed by atoms with Crippen LogP contribution in [0.15, 0.2) is 27.6 Å². The quantitative estimate of drug-likeness (QED) is 0.641. The Labute approximate surface area is 170 Å². The van der Waals surface area contributed by atoms with E-state index in [1.807, 2.05) is 13.8 Å². The van der Waals surface area contributed by atoms with Crippen molar-refractivity contribution in [3.63, 3.8) is 0 Å². The minimum atomic E-state index is -3.92. The summed E-state index contributed by atoms with van der Waals surface area (Å²) in [6, 6.07) is 4.05. The fourth-order valence-corrected chi connectivity index (χ4v) is 4.09. The number of rotatable bonds is 8. The number of nitrogens with one attached hydrogen (secondary N) is 1. The second-order valence-electron chi connectivity index (χ2n) is 8.00. The molecule has 0 aliphatic rings. The Bertz CT molecular complexity index is 961. The molecule has 0 fully saturated rings. The van der Waals surface area contributed by atoms with Gasteiger partial charge in [-0.25, -0.2) is 17.9 Å². The SMILES string of the molecule is COc1ccc(C(=O)OCc2nc(CC(C)C)no2)cc1S(=O)(=O)NC(C)(C)C. The number of carbonyl (C=O) groups is 1. The van der Waals surface area contributed by atoms with Crippen LogP contribution in [0.5, 0.6) is 5.75 Å². The molecule has 0 saturated heterocycles. The van der Waals surface area contributed by atoms with Crippen molar-refractivity contribution in [1.29, 1.82) is 0 Å². The van der Waals surface area contributed by atoms with E-state index in [0.717, 1.165) is 0 Å². The van der Waals surface area contributed by atoms with Gasteiger partial charge in [-0.3, -0.25) is 0 Å². The maximum absolute atomic E-state index is 12.7. The van der Waals surface area contributed by atoms with Crippen molar-refractivity contribution >= 4 is 16.0 Å².